The van der Waals surface area contributed by atoms with Gasteiger partial charge in [-0.25, -0.2) is 0 Å². The normalized spacial score (nSPS) is 15.4. The quantitative estimate of drug-likeness (QED) is 0.392. The first-order valence-electron chi connectivity index (χ1n) is 8.41. The van der Waals surface area contributed by atoms with E-state index in [2.05, 4.69) is 0 Å². The first kappa shape index (κ1) is 16.3. The number of ether oxygens (including phenoxy) is 1. The molecule has 2 aromatic carbocycles. The standard InChI is InChI=1S/C19H23N3O2/c20-19(21)22-12-10-14(11-13-22)8-9-18(23)24-17-7-3-5-15-4-1-2-6-16(15)17/h1-7,14H,8-13H2,(H3,20,21). The van der Waals surface area contributed by atoms with Crippen LogP contribution in [0.4, 0.5) is 0 Å². The summed E-state index contributed by atoms with van der Waals surface area (Å²) in [4.78, 5) is 14.1. The molecule has 2 aromatic rings. The first-order valence-corrected chi connectivity index (χ1v) is 8.41. The van der Waals surface area contributed by atoms with E-state index in [4.69, 9.17) is 15.9 Å². The highest BCUT2D eigenvalue weighted by Gasteiger charge is 2.21. The second-order valence-electron chi connectivity index (χ2n) is 6.31. The van der Waals surface area contributed by atoms with E-state index in [9.17, 15) is 4.79 Å². The molecular weight excluding hydrogens is 302 g/mol. The lowest BCUT2D eigenvalue weighted by atomic mass is 9.92. The number of piperidine rings is 1. The van der Waals surface area contributed by atoms with Crippen molar-refractivity contribution in [2.45, 2.75) is 25.7 Å². The van der Waals surface area contributed by atoms with Gasteiger partial charge in [0.15, 0.2) is 5.96 Å². The predicted octanol–water partition coefficient (Wildman–Crippen LogP) is 3.13. The molecule has 24 heavy (non-hydrogen) atoms. The largest absolute Gasteiger partial charge is 0.426 e. The van der Waals surface area contributed by atoms with Gasteiger partial charge in [-0.3, -0.25) is 10.2 Å². The number of carbonyl (C=O) groups is 1. The zero-order valence-corrected chi connectivity index (χ0v) is 13.7. The number of fused-ring (bicyclic) bond motifs is 1. The van der Waals surface area contributed by atoms with Gasteiger partial charge in [0.25, 0.3) is 0 Å². The number of likely N-dealkylation sites (tertiary alicyclic amines) is 1. The summed E-state index contributed by atoms with van der Waals surface area (Å²) in [7, 11) is 0. The fraction of sp³-hybridized carbons (Fsp3) is 0.368. The molecule has 0 spiro atoms. The van der Waals surface area contributed by atoms with Crippen molar-refractivity contribution < 1.29 is 9.53 Å². The molecule has 3 N–H and O–H groups in total. The predicted molar refractivity (Wildman–Crippen MR) is 95.0 cm³/mol. The van der Waals surface area contributed by atoms with Crippen LogP contribution in [-0.4, -0.2) is 29.9 Å². The van der Waals surface area contributed by atoms with Gasteiger partial charge < -0.3 is 15.4 Å². The maximum Gasteiger partial charge on any atom is 0.311 e. The Kier molecular flexibility index (Phi) is 4.99. The monoisotopic (exact) mass is 325 g/mol. The molecule has 1 aliphatic heterocycles. The molecule has 0 aromatic heterocycles. The minimum atomic E-state index is -0.180. The van der Waals surface area contributed by atoms with Crippen molar-refractivity contribution in [2.75, 3.05) is 13.1 Å². The Morgan fingerprint density at radius 1 is 1.17 bits per heavy atom. The van der Waals surface area contributed by atoms with Gasteiger partial charge in [-0.2, -0.15) is 0 Å². The van der Waals surface area contributed by atoms with Crippen molar-refractivity contribution in [1.29, 1.82) is 5.41 Å². The zero-order valence-electron chi connectivity index (χ0n) is 13.7. The van der Waals surface area contributed by atoms with E-state index >= 15 is 0 Å². The third-order valence-electron chi connectivity index (χ3n) is 4.69. The molecule has 0 bridgehead atoms. The highest BCUT2D eigenvalue weighted by molar-refractivity contribution is 5.90. The van der Waals surface area contributed by atoms with Crippen molar-refractivity contribution in [3.8, 4) is 5.75 Å². The highest BCUT2D eigenvalue weighted by Crippen LogP contribution is 2.26. The SMILES string of the molecule is N=C(N)N1CCC(CCC(=O)Oc2cccc3ccccc23)CC1. The molecule has 1 aliphatic rings. The molecule has 1 saturated heterocycles. The highest BCUT2D eigenvalue weighted by atomic mass is 16.5. The summed E-state index contributed by atoms with van der Waals surface area (Å²) in [6.45, 7) is 1.61. The van der Waals surface area contributed by atoms with Crippen LogP contribution in [-0.2, 0) is 4.79 Å². The molecule has 0 aliphatic carbocycles. The Balaban J connectivity index is 1.52. The molecule has 1 heterocycles. The lowest BCUT2D eigenvalue weighted by molar-refractivity contribution is -0.134. The summed E-state index contributed by atoms with van der Waals surface area (Å²) in [6.07, 6.45) is 3.20. The molecule has 0 unspecified atom stereocenters. The van der Waals surface area contributed by atoms with Crippen molar-refractivity contribution in [1.82, 2.24) is 4.90 Å². The molecule has 5 heteroatoms. The Morgan fingerprint density at radius 2 is 1.88 bits per heavy atom. The molecule has 126 valence electrons. The number of guanidine groups is 1. The maximum atomic E-state index is 12.2. The number of hydrogen-bond donors (Lipinski definition) is 2. The molecule has 0 amide bonds. The minimum Gasteiger partial charge on any atom is -0.426 e. The average molecular weight is 325 g/mol. The fourth-order valence-electron chi connectivity index (χ4n) is 3.24. The molecular formula is C19H23N3O2. The Morgan fingerprint density at radius 3 is 2.62 bits per heavy atom. The fourth-order valence-corrected chi connectivity index (χ4v) is 3.24. The molecule has 5 nitrogen and oxygen atoms in total. The topological polar surface area (TPSA) is 79.4 Å². The second kappa shape index (κ2) is 7.34. The lowest BCUT2D eigenvalue weighted by Gasteiger charge is -2.31. The van der Waals surface area contributed by atoms with Gasteiger partial charge in [0, 0.05) is 24.9 Å². The number of nitrogens with one attached hydrogen (secondary N) is 1. The summed E-state index contributed by atoms with van der Waals surface area (Å²) in [5, 5.41) is 9.48. The molecule has 0 radical (unpaired) electrons. The molecule has 0 atom stereocenters. The van der Waals surface area contributed by atoms with Crippen LogP contribution in [0.15, 0.2) is 42.5 Å². The van der Waals surface area contributed by atoms with Crippen LogP contribution < -0.4 is 10.5 Å². The van der Waals surface area contributed by atoms with Crippen LogP contribution in [0, 0.1) is 11.3 Å². The minimum absolute atomic E-state index is 0.142. The number of nitrogens with two attached hydrogens (primary N) is 1. The Labute approximate surface area is 141 Å². The van der Waals surface area contributed by atoms with E-state index in [1.165, 1.54) is 0 Å². The van der Waals surface area contributed by atoms with Crippen molar-refractivity contribution in [3.63, 3.8) is 0 Å². The summed E-state index contributed by atoms with van der Waals surface area (Å²) < 4.78 is 5.57. The number of esters is 1. The third-order valence-corrected chi connectivity index (χ3v) is 4.69. The summed E-state index contributed by atoms with van der Waals surface area (Å²) >= 11 is 0. The van der Waals surface area contributed by atoms with E-state index in [1.807, 2.05) is 47.4 Å². The van der Waals surface area contributed by atoms with E-state index < -0.39 is 0 Å². The summed E-state index contributed by atoms with van der Waals surface area (Å²) in [5.41, 5.74) is 5.50. The number of rotatable bonds is 4. The van der Waals surface area contributed by atoms with Crippen molar-refractivity contribution in [3.05, 3.63) is 42.5 Å². The number of hydrogen-bond acceptors (Lipinski definition) is 3. The van der Waals surface area contributed by atoms with Gasteiger partial charge in [0.1, 0.15) is 5.75 Å². The van der Waals surface area contributed by atoms with Crippen molar-refractivity contribution >= 4 is 22.7 Å². The van der Waals surface area contributed by atoms with Gasteiger partial charge in [0.05, 0.1) is 0 Å². The van der Waals surface area contributed by atoms with E-state index in [0.717, 1.165) is 43.1 Å². The van der Waals surface area contributed by atoms with Crippen LogP contribution in [0.3, 0.4) is 0 Å². The number of carbonyl (C=O) groups excluding carboxylic acids is 1. The van der Waals surface area contributed by atoms with E-state index in [1.54, 1.807) is 0 Å². The Bertz CT molecular complexity index is 731. The van der Waals surface area contributed by atoms with E-state index in [-0.39, 0.29) is 11.9 Å². The third kappa shape index (κ3) is 3.85. The van der Waals surface area contributed by atoms with Crippen LogP contribution in [0.2, 0.25) is 0 Å². The van der Waals surface area contributed by atoms with Gasteiger partial charge in [-0.1, -0.05) is 36.4 Å². The molecule has 0 saturated carbocycles. The Hall–Kier alpha value is -2.56. The van der Waals surface area contributed by atoms with Crippen LogP contribution in [0.25, 0.3) is 10.8 Å². The maximum absolute atomic E-state index is 12.2. The van der Waals surface area contributed by atoms with Crippen LogP contribution in [0.5, 0.6) is 5.75 Å². The van der Waals surface area contributed by atoms with Gasteiger partial charge in [-0.05, 0) is 36.6 Å². The van der Waals surface area contributed by atoms with Gasteiger partial charge >= 0.3 is 5.97 Å². The van der Waals surface area contributed by atoms with E-state index in [0.29, 0.717) is 18.1 Å². The van der Waals surface area contributed by atoms with Gasteiger partial charge in [0.2, 0.25) is 0 Å². The van der Waals surface area contributed by atoms with Crippen LogP contribution >= 0.6 is 0 Å². The lowest BCUT2D eigenvalue weighted by Crippen LogP contribution is -2.42. The average Bonchev–Trinajstić information content (AvgIpc) is 2.61. The van der Waals surface area contributed by atoms with Gasteiger partial charge in [-0.15, -0.1) is 0 Å². The number of nitrogens with zero attached hydrogens (tertiary/aromatic N) is 1. The molecule has 1 fully saturated rings. The van der Waals surface area contributed by atoms with Crippen LogP contribution in [0.1, 0.15) is 25.7 Å². The second-order valence-corrected chi connectivity index (χ2v) is 6.31. The van der Waals surface area contributed by atoms with Crippen molar-refractivity contribution in [2.24, 2.45) is 11.7 Å². The molecule has 3 rings (SSSR count). The first-order chi connectivity index (χ1) is 11.6. The smallest absolute Gasteiger partial charge is 0.311 e. The number of benzene rings is 2. The summed E-state index contributed by atoms with van der Waals surface area (Å²) in [5.74, 6) is 1.09. The zero-order chi connectivity index (χ0) is 16.9. The summed E-state index contributed by atoms with van der Waals surface area (Å²) in [6, 6.07) is 13.7.